The van der Waals surface area contributed by atoms with Crippen LogP contribution >= 0.6 is 0 Å². The highest BCUT2D eigenvalue weighted by Crippen LogP contribution is 2.32. The zero-order valence-corrected chi connectivity index (χ0v) is 9.46. The molecule has 2 rings (SSSR count). The molecule has 0 radical (unpaired) electrons. The van der Waals surface area contributed by atoms with Crippen molar-refractivity contribution < 1.29 is 19.8 Å². The Morgan fingerprint density at radius 2 is 1.72 bits per heavy atom. The van der Waals surface area contributed by atoms with Gasteiger partial charge in [-0.3, -0.25) is 14.5 Å². The van der Waals surface area contributed by atoms with Crippen LogP contribution in [0.15, 0.2) is 24.3 Å². The second-order valence-electron chi connectivity index (χ2n) is 3.96. The summed E-state index contributed by atoms with van der Waals surface area (Å²) in [6.45, 7) is 0.203. The Hall–Kier alpha value is -2.50. The Morgan fingerprint density at radius 1 is 1.11 bits per heavy atom. The normalized spacial score (nSPS) is 14.6. The van der Waals surface area contributed by atoms with E-state index in [9.17, 15) is 19.8 Å². The summed E-state index contributed by atoms with van der Waals surface area (Å²) >= 11 is 0. The molecule has 0 spiro atoms. The zero-order chi connectivity index (χ0) is 13.3. The fraction of sp³-hybridized carbons (Fsp3) is 0.167. The predicted octanol–water partition coefficient (Wildman–Crippen LogP) is 0.147. The number of nitrogens with zero attached hydrogens (tertiary/aromatic N) is 1. The number of phenolic OH excluding ortho intramolecular Hbond substituents is 2. The Labute approximate surface area is 103 Å². The maximum Gasteiger partial charge on any atom is 0.253 e. The minimum Gasteiger partial charge on any atom is -0.504 e. The number of rotatable bonds is 3. The maximum atomic E-state index is 11.3. The lowest BCUT2D eigenvalue weighted by atomic mass is 10.1. The van der Waals surface area contributed by atoms with Crippen molar-refractivity contribution >= 4 is 17.5 Å². The molecule has 6 nitrogen and oxygen atoms in total. The van der Waals surface area contributed by atoms with Crippen molar-refractivity contribution in [1.29, 1.82) is 0 Å². The smallest absolute Gasteiger partial charge is 0.253 e. The summed E-state index contributed by atoms with van der Waals surface area (Å²) in [5.74, 6) is -1.39. The van der Waals surface area contributed by atoms with E-state index in [1.165, 1.54) is 24.3 Å². The molecule has 0 bridgehead atoms. The van der Waals surface area contributed by atoms with Crippen LogP contribution in [-0.2, 0) is 16.0 Å². The number of carbonyl (C=O) groups is 2. The van der Waals surface area contributed by atoms with Crippen LogP contribution < -0.4 is 5.73 Å². The van der Waals surface area contributed by atoms with Crippen molar-refractivity contribution in [2.75, 3.05) is 12.3 Å². The van der Waals surface area contributed by atoms with Crippen LogP contribution in [0.3, 0.4) is 0 Å². The molecule has 0 atom stereocenters. The number of carbonyl (C=O) groups excluding carboxylic acids is 2. The third-order valence-corrected chi connectivity index (χ3v) is 2.70. The summed E-state index contributed by atoms with van der Waals surface area (Å²) in [6, 6.07) is 2.84. The van der Waals surface area contributed by atoms with Gasteiger partial charge < -0.3 is 15.9 Å². The van der Waals surface area contributed by atoms with Gasteiger partial charge in [-0.15, -0.1) is 0 Å². The number of hydrogen-bond donors (Lipinski definition) is 3. The van der Waals surface area contributed by atoms with Gasteiger partial charge in [-0.1, -0.05) is 0 Å². The molecule has 1 aromatic rings. The Balaban J connectivity index is 2.07. The van der Waals surface area contributed by atoms with E-state index in [2.05, 4.69) is 0 Å². The minimum absolute atomic E-state index is 0.0576. The van der Waals surface area contributed by atoms with E-state index in [1.807, 2.05) is 0 Å². The fourth-order valence-electron chi connectivity index (χ4n) is 1.74. The summed E-state index contributed by atoms with van der Waals surface area (Å²) < 4.78 is 0. The van der Waals surface area contributed by atoms with E-state index in [4.69, 9.17) is 5.73 Å². The zero-order valence-electron chi connectivity index (χ0n) is 9.46. The van der Waals surface area contributed by atoms with Crippen molar-refractivity contribution in [1.82, 2.24) is 4.90 Å². The van der Waals surface area contributed by atoms with Gasteiger partial charge in [0.1, 0.15) is 0 Å². The molecule has 1 aromatic carbocycles. The predicted molar refractivity (Wildman–Crippen MR) is 63.7 cm³/mol. The molecule has 0 saturated heterocycles. The van der Waals surface area contributed by atoms with E-state index in [0.29, 0.717) is 12.0 Å². The molecule has 0 saturated carbocycles. The van der Waals surface area contributed by atoms with Crippen LogP contribution in [0.4, 0.5) is 5.69 Å². The summed E-state index contributed by atoms with van der Waals surface area (Å²) in [6.07, 6.45) is 2.78. The lowest BCUT2D eigenvalue weighted by Gasteiger charge is -2.14. The van der Waals surface area contributed by atoms with Crippen LogP contribution in [0.5, 0.6) is 11.5 Å². The maximum absolute atomic E-state index is 11.3. The summed E-state index contributed by atoms with van der Waals surface area (Å²) in [7, 11) is 0. The summed E-state index contributed by atoms with van der Waals surface area (Å²) in [5, 5.41) is 18.7. The monoisotopic (exact) mass is 248 g/mol. The van der Waals surface area contributed by atoms with E-state index in [1.54, 1.807) is 0 Å². The van der Waals surface area contributed by atoms with Crippen molar-refractivity contribution in [3.05, 3.63) is 29.8 Å². The van der Waals surface area contributed by atoms with Gasteiger partial charge in [0.2, 0.25) is 0 Å². The molecule has 4 N–H and O–H groups in total. The second-order valence-corrected chi connectivity index (χ2v) is 3.96. The van der Waals surface area contributed by atoms with Crippen LogP contribution in [0.2, 0.25) is 0 Å². The summed E-state index contributed by atoms with van der Waals surface area (Å²) in [4.78, 5) is 23.7. The standard InChI is InChI=1S/C12H12N2O4/c13-8-5-7(6-9(15)12(8)18)3-4-14-10(16)1-2-11(14)17/h1-2,5-6,15,18H,3-4,13H2. The second kappa shape index (κ2) is 4.40. The molecular weight excluding hydrogens is 236 g/mol. The number of phenols is 2. The average molecular weight is 248 g/mol. The fourth-order valence-corrected chi connectivity index (χ4v) is 1.74. The number of hydrogen-bond acceptors (Lipinski definition) is 5. The van der Waals surface area contributed by atoms with Gasteiger partial charge in [0, 0.05) is 18.7 Å². The minimum atomic E-state index is -0.367. The van der Waals surface area contributed by atoms with Gasteiger partial charge in [0.25, 0.3) is 11.8 Å². The van der Waals surface area contributed by atoms with Crippen LogP contribution in [0, 0.1) is 0 Å². The number of amides is 2. The first-order chi connectivity index (χ1) is 8.49. The molecule has 0 unspecified atom stereocenters. The quantitative estimate of drug-likeness (QED) is 0.401. The summed E-state index contributed by atoms with van der Waals surface area (Å²) in [5.41, 5.74) is 6.18. The molecule has 1 aliphatic rings. The Bertz CT molecular complexity index is 510. The van der Waals surface area contributed by atoms with Gasteiger partial charge in [0.05, 0.1) is 5.69 Å². The lowest BCUT2D eigenvalue weighted by molar-refractivity contribution is -0.136. The van der Waals surface area contributed by atoms with Gasteiger partial charge in [0.15, 0.2) is 11.5 Å². The van der Waals surface area contributed by atoms with Crippen molar-refractivity contribution in [2.24, 2.45) is 0 Å². The average Bonchev–Trinajstić information content (AvgIpc) is 2.63. The Morgan fingerprint density at radius 3 is 2.28 bits per heavy atom. The van der Waals surface area contributed by atoms with E-state index in [0.717, 1.165) is 4.90 Å². The third-order valence-electron chi connectivity index (χ3n) is 2.70. The van der Waals surface area contributed by atoms with Crippen molar-refractivity contribution in [2.45, 2.75) is 6.42 Å². The van der Waals surface area contributed by atoms with Crippen molar-refractivity contribution in [3.63, 3.8) is 0 Å². The van der Waals surface area contributed by atoms with Crippen LogP contribution in [0.25, 0.3) is 0 Å². The molecule has 18 heavy (non-hydrogen) atoms. The largest absolute Gasteiger partial charge is 0.504 e. The molecule has 1 heterocycles. The number of benzene rings is 1. The first-order valence-corrected chi connectivity index (χ1v) is 5.33. The van der Waals surface area contributed by atoms with Gasteiger partial charge in [-0.25, -0.2) is 0 Å². The number of nitrogen functional groups attached to an aromatic ring is 1. The van der Waals surface area contributed by atoms with E-state index < -0.39 is 0 Å². The first-order valence-electron chi connectivity index (χ1n) is 5.33. The molecule has 94 valence electrons. The van der Waals surface area contributed by atoms with Crippen molar-refractivity contribution in [3.8, 4) is 11.5 Å². The van der Waals surface area contributed by atoms with Crippen LogP contribution in [-0.4, -0.2) is 33.5 Å². The third kappa shape index (κ3) is 2.13. The van der Waals surface area contributed by atoms with E-state index >= 15 is 0 Å². The molecular formula is C12H12N2O4. The molecule has 0 fully saturated rings. The molecule has 0 aliphatic carbocycles. The molecule has 1 aliphatic heterocycles. The lowest BCUT2D eigenvalue weighted by Crippen LogP contribution is -2.31. The highest BCUT2D eigenvalue weighted by molar-refractivity contribution is 6.12. The SMILES string of the molecule is Nc1cc(CCN2C(=O)C=CC2=O)cc(O)c1O. The van der Waals surface area contributed by atoms with Gasteiger partial charge in [-0.05, 0) is 24.1 Å². The topological polar surface area (TPSA) is 104 Å². The van der Waals surface area contributed by atoms with Crippen LogP contribution in [0.1, 0.15) is 5.56 Å². The Kier molecular flexibility index (Phi) is 2.93. The number of anilines is 1. The number of nitrogens with two attached hydrogens (primary N) is 1. The number of aromatic hydroxyl groups is 2. The highest BCUT2D eigenvalue weighted by Gasteiger charge is 2.22. The van der Waals surface area contributed by atoms with E-state index in [-0.39, 0.29) is 35.5 Å². The van der Waals surface area contributed by atoms with Gasteiger partial charge >= 0.3 is 0 Å². The molecule has 2 amide bonds. The van der Waals surface area contributed by atoms with Gasteiger partial charge in [-0.2, -0.15) is 0 Å². The molecule has 0 aromatic heterocycles. The molecule has 6 heteroatoms. The first kappa shape index (κ1) is 12.0. The number of imide groups is 1. The highest BCUT2D eigenvalue weighted by atomic mass is 16.3.